The molecule has 0 amide bonds. The van der Waals surface area contributed by atoms with Gasteiger partial charge in [0.1, 0.15) is 0 Å². The Bertz CT molecular complexity index is 120. The van der Waals surface area contributed by atoms with Crippen LogP contribution < -0.4 is 0 Å². The van der Waals surface area contributed by atoms with Crippen molar-refractivity contribution in [1.29, 1.82) is 0 Å². The first-order valence-electron chi connectivity index (χ1n) is 4.04. The molecule has 0 unspecified atom stereocenters. The highest BCUT2D eigenvalue weighted by Gasteiger charge is 1.96. The fraction of sp³-hybridized carbons (Fsp3) is 0.714. The van der Waals surface area contributed by atoms with Gasteiger partial charge in [-0.25, -0.2) is 0 Å². The Morgan fingerprint density at radius 2 is 2.00 bits per heavy atom. The SMILES string of the molecule is CC(C)=C[SiH2]CC[SiH2]C(I)I. The van der Waals surface area contributed by atoms with Crippen molar-refractivity contribution in [2.45, 2.75) is 27.5 Å². The van der Waals surface area contributed by atoms with Crippen LogP contribution in [0, 0.1) is 0 Å². The lowest BCUT2D eigenvalue weighted by molar-refractivity contribution is 1.38. The summed E-state index contributed by atoms with van der Waals surface area (Å²) in [6.07, 6.45) is 0. The molecule has 0 N–H and O–H groups in total. The standard InChI is InChI=1S/C7H16I2Si2/c1-6(2)5-10-3-4-11-7(8)9/h5,7H,3-4,10-11H2,1-2H3. The Morgan fingerprint density at radius 1 is 1.36 bits per heavy atom. The number of rotatable bonds is 5. The summed E-state index contributed by atoms with van der Waals surface area (Å²) < 4.78 is 0.978. The maximum Gasteiger partial charge on any atom is 0.0484 e. The molecule has 0 bridgehead atoms. The minimum Gasteiger partial charge on any atom is -0.103 e. The second-order valence-electron chi connectivity index (χ2n) is 2.96. The molecule has 0 atom stereocenters. The Hall–Kier alpha value is 1.63. The van der Waals surface area contributed by atoms with Gasteiger partial charge in [-0.15, -0.1) is 5.70 Å². The van der Waals surface area contributed by atoms with Gasteiger partial charge in [-0.3, -0.25) is 0 Å². The zero-order valence-electron chi connectivity index (χ0n) is 7.24. The fourth-order valence-corrected chi connectivity index (χ4v) is 6.88. The van der Waals surface area contributed by atoms with Gasteiger partial charge in [-0.1, -0.05) is 62.8 Å². The van der Waals surface area contributed by atoms with E-state index < -0.39 is 0 Å². The molecule has 0 radical (unpaired) electrons. The molecule has 11 heavy (non-hydrogen) atoms. The van der Waals surface area contributed by atoms with Crippen molar-refractivity contribution in [3.63, 3.8) is 0 Å². The summed E-state index contributed by atoms with van der Waals surface area (Å²) in [6.45, 7) is 4.42. The summed E-state index contributed by atoms with van der Waals surface area (Å²) in [5.74, 6) is 0. The minimum atomic E-state index is 0.187. The van der Waals surface area contributed by atoms with Gasteiger partial charge in [0.05, 0.1) is 0 Å². The largest absolute Gasteiger partial charge is 0.103 e. The highest BCUT2D eigenvalue weighted by atomic mass is 127. The molecule has 0 aromatic carbocycles. The van der Waals surface area contributed by atoms with Gasteiger partial charge >= 0.3 is 0 Å². The first kappa shape index (κ1) is 12.6. The van der Waals surface area contributed by atoms with Crippen LogP contribution in [0.1, 0.15) is 13.8 Å². The van der Waals surface area contributed by atoms with E-state index in [1.807, 2.05) is 0 Å². The van der Waals surface area contributed by atoms with Crippen molar-refractivity contribution in [2.75, 3.05) is 0 Å². The Labute approximate surface area is 102 Å². The zero-order valence-corrected chi connectivity index (χ0v) is 14.4. The van der Waals surface area contributed by atoms with Crippen molar-refractivity contribution >= 4 is 64.2 Å². The van der Waals surface area contributed by atoms with Crippen LogP contribution in [0.15, 0.2) is 11.3 Å². The summed E-state index contributed by atoms with van der Waals surface area (Å²) in [7, 11) is 0.467. The van der Waals surface area contributed by atoms with Crippen molar-refractivity contribution in [1.82, 2.24) is 0 Å². The van der Waals surface area contributed by atoms with Crippen molar-refractivity contribution in [2.24, 2.45) is 0 Å². The van der Waals surface area contributed by atoms with Crippen LogP contribution in [-0.2, 0) is 0 Å². The van der Waals surface area contributed by atoms with Crippen LogP contribution in [0.5, 0.6) is 0 Å². The van der Waals surface area contributed by atoms with E-state index in [2.05, 4.69) is 64.7 Å². The van der Waals surface area contributed by atoms with Gasteiger partial charge in [0, 0.05) is 20.6 Å². The summed E-state index contributed by atoms with van der Waals surface area (Å²) >= 11 is 5.11. The summed E-state index contributed by atoms with van der Waals surface area (Å²) in [6, 6.07) is 3.13. The van der Waals surface area contributed by atoms with Crippen LogP contribution in [0.25, 0.3) is 0 Å². The monoisotopic (exact) mass is 410 g/mol. The minimum absolute atomic E-state index is 0.187. The molecular formula is C7H16I2Si2. The first-order valence-corrected chi connectivity index (χ1v) is 10.2. The lowest BCUT2D eigenvalue weighted by atomic mass is 10.4. The molecule has 0 rings (SSSR count). The Kier molecular flexibility index (Phi) is 9.47. The topological polar surface area (TPSA) is 0 Å². The average Bonchev–Trinajstić information content (AvgIpc) is 1.85. The highest BCUT2D eigenvalue weighted by molar-refractivity contribution is 14.2. The lowest BCUT2D eigenvalue weighted by Gasteiger charge is -1.97. The maximum absolute atomic E-state index is 2.56. The molecule has 0 aromatic rings. The molecule has 0 nitrogen and oxygen atoms in total. The van der Waals surface area contributed by atoms with Gasteiger partial charge in [-0.2, -0.15) is 0 Å². The van der Waals surface area contributed by atoms with Gasteiger partial charge in [0.2, 0.25) is 0 Å². The van der Waals surface area contributed by atoms with Crippen LogP contribution in [-0.4, -0.2) is 20.6 Å². The molecule has 0 saturated carbocycles. The smallest absolute Gasteiger partial charge is 0.0484 e. The molecule has 66 valence electrons. The summed E-state index contributed by atoms with van der Waals surface area (Å²) in [5, 5.41) is 0. The van der Waals surface area contributed by atoms with Crippen LogP contribution in [0.2, 0.25) is 12.1 Å². The quantitative estimate of drug-likeness (QED) is 0.282. The molecule has 0 spiro atoms. The van der Waals surface area contributed by atoms with E-state index in [0.717, 1.165) is 1.55 Å². The maximum atomic E-state index is 2.56. The van der Waals surface area contributed by atoms with Gasteiger partial charge in [0.25, 0.3) is 0 Å². The molecule has 0 heterocycles. The predicted molar refractivity (Wildman–Crippen MR) is 78.0 cm³/mol. The van der Waals surface area contributed by atoms with Gasteiger partial charge in [0.15, 0.2) is 0 Å². The predicted octanol–water partition coefficient (Wildman–Crippen LogP) is 2.24. The zero-order chi connectivity index (χ0) is 8.69. The molecule has 0 aliphatic heterocycles. The summed E-state index contributed by atoms with van der Waals surface area (Å²) in [5.41, 5.74) is 4.02. The number of allylic oxidation sites excluding steroid dienone is 1. The number of hydrogen-bond acceptors (Lipinski definition) is 0. The first-order chi connectivity index (χ1) is 5.13. The van der Waals surface area contributed by atoms with E-state index in [9.17, 15) is 0 Å². The number of hydrogen-bond donors (Lipinski definition) is 0. The van der Waals surface area contributed by atoms with E-state index in [-0.39, 0.29) is 19.0 Å². The number of alkyl halides is 2. The van der Waals surface area contributed by atoms with Gasteiger partial charge < -0.3 is 0 Å². The molecule has 0 fully saturated rings. The van der Waals surface area contributed by atoms with Crippen LogP contribution in [0.3, 0.4) is 0 Å². The van der Waals surface area contributed by atoms with E-state index in [4.69, 9.17) is 0 Å². The molecule has 4 heteroatoms. The van der Waals surface area contributed by atoms with Crippen molar-refractivity contribution < 1.29 is 0 Å². The van der Waals surface area contributed by atoms with E-state index in [0.29, 0.717) is 0 Å². The Balaban J connectivity index is 3.09. The second kappa shape index (κ2) is 8.24. The molecule has 0 aliphatic rings. The summed E-state index contributed by atoms with van der Waals surface area (Å²) in [4.78, 5) is 0. The third-order valence-electron chi connectivity index (χ3n) is 1.43. The van der Waals surface area contributed by atoms with Gasteiger partial charge in [-0.05, 0) is 13.8 Å². The fourth-order valence-electron chi connectivity index (χ4n) is 0.834. The second-order valence-corrected chi connectivity index (χ2v) is 15.5. The van der Waals surface area contributed by atoms with Crippen molar-refractivity contribution in [3.8, 4) is 0 Å². The average molecular weight is 410 g/mol. The molecule has 0 aromatic heterocycles. The number of halogens is 2. The van der Waals surface area contributed by atoms with E-state index in [1.54, 1.807) is 12.1 Å². The van der Waals surface area contributed by atoms with Crippen LogP contribution in [0.4, 0.5) is 0 Å². The lowest BCUT2D eigenvalue weighted by Crippen LogP contribution is -2.00. The highest BCUT2D eigenvalue weighted by Crippen LogP contribution is 2.10. The normalized spacial score (nSPS) is 12.5. The van der Waals surface area contributed by atoms with E-state index in [1.165, 1.54) is 5.57 Å². The molecular weight excluding hydrogens is 394 g/mol. The molecule has 0 aliphatic carbocycles. The third kappa shape index (κ3) is 11.6. The van der Waals surface area contributed by atoms with Crippen LogP contribution >= 0.6 is 45.2 Å². The van der Waals surface area contributed by atoms with E-state index >= 15 is 0 Å². The Morgan fingerprint density at radius 3 is 2.45 bits per heavy atom. The third-order valence-corrected chi connectivity index (χ3v) is 9.52. The van der Waals surface area contributed by atoms with Crippen molar-refractivity contribution in [3.05, 3.63) is 11.3 Å². The molecule has 0 saturated heterocycles.